The highest BCUT2D eigenvalue weighted by molar-refractivity contribution is 6.08. The van der Waals surface area contributed by atoms with E-state index in [1.165, 1.54) is 26.0 Å². The van der Waals surface area contributed by atoms with Crippen LogP contribution in [0, 0.1) is 0 Å². The molecule has 0 spiro atoms. The number of aliphatic hydroxyl groups excluding tert-OH is 1. The molecule has 0 radical (unpaired) electrons. The molecule has 0 bridgehead atoms. The van der Waals surface area contributed by atoms with E-state index in [-0.39, 0.29) is 11.4 Å². The Morgan fingerprint density at radius 1 is 1.25 bits per heavy atom. The van der Waals surface area contributed by atoms with Gasteiger partial charge in [0.05, 0.1) is 25.8 Å². The van der Waals surface area contributed by atoms with Crippen LogP contribution in [0.5, 0.6) is 11.5 Å². The summed E-state index contributed by atoms with van der Waals surface area (Å²) in [5.41, 5.74) is 0.828. The van der Waals surface area contributed by atoms with Crippen LogP contribution in [0.4, 0.5) is 0 Å². The first-order valence-electron chi connectivity index (χ1n) is 7.93. The maximum atomic E-state index is 12.4. The first-order chi connectivity index (χ1) is 11.5. The second-order valence-electron chi connectivity index (χ2n) is 5.69. The Hall–Kier alpha value is -2.50. The van der Waals surface area contributed by atoms with Crippen LogP contribution in [0.3, 0.4) is 0 Å². The average Bonchev–Trinajstić information content (AvgIpc) is 2.83. The summed E-state index contributed by atoms with van der Waals surface area (Å²) in [4.78, 5) is 26.0. The molecule has 1 aromatic carbocycles. The number of rotatable bonds is 7. The van der Waals surface area contributed by atoms with E-state index in [4.69, 9.17) is 9.47 Å². The van der Waals surface area contributed by atoms with Crippen LogP contribution in [-0.4, -0.2) is 42.5 Å². The zero-order valence-electron chi connectivity index (χ0n) is 14.5. The van der Waals surface area contributed by atoms with Gasteiger partial charge in [0.2, 0.25) is 0 Å². The summed E-state index contributed by atoms with van der Waals surface area (Å²) in [6.07, 6.45) is 1.69. The van der Waals surface area contributed by atoms with E-state index >= 15 is 0 Å². The second-order valence-corrected chi connectivity index (χ2v) is 5.69. The normalized spacial score (nSPS) is 17.4. The number of amides is 1. The van der Waals surface area contributed by atoms with Gasteiger partial charge in [-0.05, 0) is 31.0 Å². The molecule has 1 atom stereocenters. The Bertz CT molecular complexity index is 680. The number of nitrogens with zero attached hydrogens (tertiary/aromatic N) is 1. The van der Waals surface area contributed by atoms with Gasteiger partial charge in [0.15, 0.2) is 23.0 Å². The molecule has 1 heterocycles. The third-order valence-corrected chi connectivity index (χ3v) is 4.16. The topological polar surface area (TPSA) is 76.1 Å². The third-order valence-electron chi connectivity index (χ3n) is 4.16. The Balaban J connectivity index is 2.52. The lowest BCUT2D eigenvalue weighted by molar-refractivity contribution is -0.129. The minimum Gasteiger partial charge on any atom is -0.503 e. The van der Waals surface area contributed by atoms with Crippen molar-refractivity contribution >= 4 is 11.7 Å². The molecule has 24 heavy (non-hydrogen) atoms. The first kappa shape index (κ1) is 17.8. The maximum absolute atomic E-state index is 12.4. The van der Waals surface area contributed by atoms with Gasteiger partial charge in [0.25, 0.3) is 5.91 Å². The molecule has 6 nitrogen and oxygen atoms in total. The van der Waals surface area contributed by atoms with Gasteiger partial charge in [-0.1, -0.05) is 19.4 Å². The zero-order chi connectivity index (χ0) is 17.9. The van der Waals surface area contributed by atoms with E-state index in [9.17, 15) is 14.7 Å². The summed E-state index contributed by atoms with van der Waals surface area (Å²) >= 11 is 0. The van der Waals surface area contributed by atoms with Gasteiger partial charge in [-0.25, -0.2) is 0 Å². The monoisotopic (exact) mass is 333 g/mol. The Kier molecular flexibility index (Phi) is 5.49. The predicted octanol–water partition coefficient (Wildman–Crippen LogP) is 2.79. The van der Waals surface area contributed by atoms with Crippen molar-refractivity contribution in [2.24, 2.45) is 0 Å². The molecule has 2 rings (SSSR count). The first-order valence-corrected chi connectivity index (χ1v) is 7.93. The van der Waals surface area contributed by atoms with Crippen molar-refractivity contribution in [3.8, 4) is 11.5 Å². The summed E-state index contributed by atoms with van der Waals surface area (Å²) in [5.74, 6) is -0.220. The van der Waals surface area contributed by atoms with E-state index in [1.54, 1.807) is 18.2 Å². The molecule has 1 aromatic rings. The molecule has 0 aromatic heterocycles. The Morgan fingerprint density at radius 2 is 1.92 bits per heavy atom. The molecule has 1 aliphatic heterocycles. The van der Waals surface area contributed by atoms with Gasteiger partial charge >= 0.3 is 0 Å². The number of ether oxygens (including phenoxy) is 2. The van der Waals surface area contributed by atoms with Gasteiger partial charge in [0.1, 0.15) is 0 Å². The van der Waals surface area contributed by atoms with Crippen molar-refractivity contribution in [1.29, 1.82) is 0 Å². The summed E-state index contributed by atoms with van der Waals surface area (Å²) in [6, 6.07) is 4.63. The van der Waals surface area contributed by atoms with Crippen molar-refractivity contribution in [2.45, 2.75) is 32.7 Å². The summed E-state index contributed by atoms with van der Waals surface area (Å²) in [6.45, 7) is 3.84. The largest absolute Gasteiger partial charge is 0.503 e. The molecule has 1 aliphatic rings. The van der Waals surface area contributed by atoms with Crippen LogP contribution >= 0.6 is 0 Å². The van der Waals surface area contributed by atoms with Crippen LogP contribution in [0.25, 0.3) is 0 Å². The van der Waals surface area contributed by atoms with Crippen molar-refractivity contribution in [3.63, 3.8) is 0 Å². The number of benzene rings is 1. The van der Waals surface area contributed by atoms with Gasteiger partial charge in [-0.2, -0.15) is 0 Å². The summed E-state index contributed by atoms with van der Waals surface area (Å²) in [5, 5.41) is 10.2. The molecular formula is C18H23NO5. The van der Waals surface area contributed by atoms with E-state index in [2.05, 4.69) is 0 Å². The van der Waals surface area contributed by atoms with Crippen molar-refractivity contribution in [1.82, 2.24) is 4.90 Å². The molecule has 0 aliphatic carbocycles. The van der Waals surface area contributed by atoms with Crippen LogP contribution in [0.2, 0.25) is 0 Å². The third kappa shape index (κ3) is 3.09. The standard InChI is InChI=1S/C18H23NO5/c1-5-6-9-19-16(15(11(2)20)17(21)18(19)22)12-7-8-13(23-3)14(10-12)24-4/h7-8,10,16,21H,5-6,9H2,1-4H3/t16-/m1/s1. The van der Waals surface area contributed by atoms with Crippen molar-refractivity contribution in [3.05, 3.63) is 35.1 Å². The van der Waals surface area contributed by atoms with Crippen LogP contribution in [-0.2, 0) is 9.59 Å². The fraction of sp³-hybridized carbons (Fsp3) is 0.444. The molecule has 0 saturated heterocycles. The van der Waals surface area contributed by atoms with Gasteiger partial charge in [-0.3, -0.25) is 9.59 Å². The SMILES string of the molecule is CCCCN1C(=O)C(O)=C(C(C)=O)[C@H]1c1ccc(OC)c(OC)c1. The van der Waals surface area contributed by atoms with E-state index in [0.717, 1.165) is 12.8 Å². The number of methoxy groups -OCH3 is 2. The lowest BCUT2D eigenvalue weighted by Gasteiger charge is -2.27. The maximum Gasteiger partial charge on any atom is 0.290 e. The number of unbranched alkanes of at least 4 members (excludes halogenated alkanes) is 1. The molecule has 6 heteroatoms. The summed E-state index contributed by atoms with van der Waals surface area (Å²) in [7, 11) is 3.06. The van der Waals surface area contributed by atoms with Crippen LogP contribution in [0.1, 0.15) is 38.3 Å². The van der Waals surface area contributed by atoms with E-state index in [0.29, 0.717) is 23.6 Å². The molecule has 1 amide bonds. The minimum absolute atomic E-state index is 0.128. The van der Waals surface area contributed by atoms with Gasteiger partial charge in [-0.15, -0.1) is 0 Å². The van der Waals surface area contributed by atoms with Crippen LogP contribution < -0.4 is 9.47 Å². The highest BCUT2D eigenvalue weighted by Gasteiger charge is 2.42. The van der Waals surface area contributed by atoms with Crippen LogP contribution in [0.15, 0.2) is 29.5 Å². The van der Waals surface area contributed by atoms with E-state index in [1.807, 2.05) is 6.92 Å². The fourth-order valence-corrected chi connectivity index (χ4v) is 2.94. The molecule has 130 valence electrons. The lowest BCUT2D eigenvalue weighted by Crippen LogP contribution is -2.31. The Labute approximate surface area is 141 Å². The second kappa shape index (κ2) is 7.38. The summed E-state index contributed by atoms with van der Waals surface area (Å²) < 4.78 is 10.5. The number of aliphatic hydroxyl groups is 1. The Morgan fingerprint density at radius 3 is 2.46 bits per heavy atom. The number of carbonyl (C=O) groups is 2. The predicted molar refractivity (Wildman–Crippen MR) is 89.2 cm³/mol. The molecular weight excluding hydrogens is 310 g/mol. The molecule has 0 fully saturated rings. The average molecular weight is 333 g/mol. The quantitative estimate of drug-likeness (QED) is 0.830. The fourth-order valence-electron chi connectivity index (χ4n) is 2.94. The number of ketones is 1. The highest BCUT2D eigenvalue weighted by Crippen LogP contribution is 2.40. The number of Topliss-reactive ketones (excluding diaryl/α,β-unsaturated/α-hetero) is 1. The van der Waals surface area contributed by atoms with Gasteiger partial charge in [0, 0.05) is 6.54 Å². The number of hydrogen-bond acceptors (Lipinski definition) is 5. The number of carbonyl (C=O) groups excluding carboxylic acids is 2. The van der Waals surface area contributed by atoms with Crippen molar-refractivity contribution < 1.29 is 24.2 Å². The van der Waals surface area contributed by atoms with E-state index < -0.39 is 17.7 Å². The zero-order valence-corrected chi connectivity index (χ0v) is 14.5. The molecule has 0 saturated carbocycles. The number of hydrogen-bond donors (Lipinski definition) is 1. The minimum atomic E-state index is -0.610. The molecule has 1 N–H and O–H groups in total. The van der Waals surface area contributed by atoms with Crippen molar-refractivity contribution in [2.75, 3.05) is 20.8 Å². The smallest absolute Gasteiger partial charge is 0.290 e. The highest BCUT2D eigenvalue weighted by atomic mass is 16.5. The van der Waals surface area contributed by atoms with Gasteiger partial charge < -0.3 is 19.5 Å². The molecule has 0 unspecified atom stereocenters. The lowest BCUT2D eigenvalue weighted by atomic mass is 9.96.